The van der Waals surface area contributed by atoms with E-state index in [0.717, 1.165) is 18.5 Å². The number of thiophene rings is 1. The number of aryl methyl sites for hydroxylation is 1. The van der Waals surface area contributed by atoms with Crippen molar-refractivity contribution in [2.24, 2.45) is 0 Å². The summed E-state index contributed by atoms with van der Waals surface area (Å²) in [5.41, 5.74) is 3.82. The van der Waals surface area contributed by atoms with Gasteiger partial charge in [0.1, 0.15) is 4.70 Å². The molecule has 7 heteroatoms. The molecular weight excluding hydrogens is 414 g/mol. The zero-order valence-corrected chi connectivity index (χ0v) is 17.7. The molecule has 0 radical (unpaired) electrons. The normalized spacial score (nSPS) is 15.3. The standard InChI is InChI=1S/C23H19N3O2S2/c27-20(24-18-11-10-15-6-4-5-9-17(15)18)14-30-23-25-19-12-13-29-21(19)22(28)26(23)16-7-2-1-3-8-16/h1-9,12-13,18H,10-11,14H2,(H,24,27)/t18-/m1/s1. The van der Waals surface area contributed by atoms with Crippen LogP contribution in [0.1, 0.15) is 23.6 Å². The Bertz CT molecular complexity index is 1280. The molecule has 1 aliphatic rings. The summed E-state index contributed by atoms with van der Waals surface area (Å²) in [6.07, 6.45) is 1.90. The van der Waals surface area contributed by atoms with E-state index in [1.165, 1.54) is 34.2 Å². The maximum absolute atomic E-state index is 13.1. The Morgan fingerprint density at radius 2 is 1.93 bits per heavy atom. The molecule has 4 aromatic rings. The van der Waals surface area contributed by atoms with Crippen LogP contribution < -0.4 is 10.9 Å². The summed E-state index contributed by atoms with van der Waals surface area (Å²) in [6, 6.07) is 19.6. The van der Waals surface area contributed by atoms with Crippen molar-refractivity contribution in [1.29, 1.82) is 0 Å². The molecule has 2 aromatic heterocycles. The first-order valence-corrected chi connectivity index (χ1v) is 11.6. The van der Waals surface area contributed by atoms with Gasteiger partial charge in [0.15, 0.2) is 5.16 Å². The zero-order valence-electron chi connectivity index (χ0n) is 16.1. The van der Waals surface area contributed by atoms with E-state index in [0.29, 0.717) is 15.4 Å². The number of amides is 1. The summed E-state index contributed by atoms with van der Waals surface area (Å²) in [5.74, 6) is 0.147. The van der Waals surface area contributed by atoms with E-state index in [-0.39, 0.29) is 23.3 Å². The lowest BCUT2D eigenvalue weighted by Gasteiger charge is -2.15. The minimum Gasteiger partial charge on any atom is -0.349 e. The number of carbonyl (C=O) groups is 1. The highest BCUT2D eigenvalue weighted by Crippen LogP contribution is 2.31. The second kappa shape index (κ2) is 8.08. The van der Waals surface area contributed by atoms with Gasteiger partial charge in [0, 0.05) is 0 Å². The average molecular weight is 434 g/mol. The van der Waals surface area contributed by atoms with Crippen LogP contribution in [0.2, 0.25) is 0 Å². The Labute approximate surface area is 181 Å². The van der Waals surface area contributed by atoms with Crippen molar-refractivity contribution >= 4 is 39.2 Å². The number of thioether (sulfide) groups is 1. The molecule has 0 bridgehead atoms. The van der Waals surface area contributed by atoms with Gasteiger partial charge in [0.05, 0.1) is 23.0 Å². The van der Waals surface area contributed by atoms with Crippen molar-refractivity contribution in [3.05, 3.63) is 87.5 Å². The van der Waals surface area contributed by atoms with Crippen LogP contribution in [0.4, 0.5) is 0 Å². The van der Waals surface area contributed by atoms with E-state index in [4.69, 9.17) is 0 Å². The third kappa shape index (κ3) is 3.55. The number of nitrogens with zero attached hydrogens (tertiary/aromatic N) is 2. The van der Waals surface area contributed by atoms with Crippen molar-refractivity contribution < 1.29 is 4.79 Å². The largest absolute Gasteiger partial charge is 0.349 e. The maximum Gasteiger partial charge on any atom is 0.276 e. The molecule has 0 saturated heterocycles. The summed E-state index contributed by atoms with van der Waals surface area (Å²) in [4.78, 5) is 30.4. The van der Waals surface area contributed by atoms with E-state index < -0.39 is 0 Å². The van der Waals surface area contributed by atoms with Gasteiger partial charge in [0.25, 0.3) is 5.56 Å². The van der Waals surface area contributed by atoms with E-state index in [9.17, 15) is 9.59 Å². The van der Waals surface area contributed by atoms with Gasteiger partial charge in [-0.2, -0.15) is 0 Å². The second-order valence-corrected chi connectivity index (χ2v) is 9.01. The van der Waals surface area contributed by atoms with Gasteiger partial charge in [0.2, 0.25) is 5.91 Å². The topological polar surface area (TPSA) is 64.0 Å². The molecule has 0 unspecified atom stereocenters. The molecule has 1 atom stereocenters. The monoisotopic (exact) mass is 433 g/mol. The number of carbonyl (C=O) groups excluding carboxylic acids is 1. The molecule has 5 rings (SSSR count). The molecule has 30 heavy (non-hydrogen) atoms. The average Bonchev–Trinajstić information content (AvgIpc) is 3.40. The molecule has 0 fully saturated rings. The highest BCUT2D eigenvalue weighted by Gasteiger charge is 2.23. The lowest BCUT2D eigenvalue weighted by Crippen LogP contribution is -2.29. The van der Waals surface area contributed by atoms with Gasteiger partial charge < -0.3 is 5.32 Å². The summed E-state index contributed by atoms with van der Waals surface area (Å²) in [7, 11) is 0. The highest BCUT2D eigenvalue weighted by molar-refractivity contribution is 7.99. The van der Waals surface area contributed by atoms with Crippen LogP contribution in [0.3, 0.4) is 0 Å². The molecule has 0 saturated carbocycles. The maximum atomic E-state index is 13.1. The van der Waals surface area contributed by atoms with E-state index in [1.807, 2.05) is 53.9 Å². The molecule has 0 aliphatic heterocycles. The summed E-state index contributed by atoms with van der Waals surface area (Å²) < 4.78 is 2.22. The van der Waals surface area contributed by atoms with Gasteiger partial charge in [-0.3, -0.25) is 14.2 Å². The lowest BCUT2D eigenvalue weighted by atomic mass is 10.1. The molecule has 5 nitrogen and oxygen atoms in total. The molecular formula is C23H19N3O2S2. The van der Waals surface area contributed by atoms with Crippen molar-refractivity contribution in [2.45, 2.75) is 24.0 Å². The predicted molar refractivity (Wildman–Crippen MR) is 122 cm³/mol. The highest BCUT2D eigenvalue weighted by atomic mass is 32.2. The third-order valence-corrected chi connectivity index (χ3v) is 7.09. The molecule has 2 heterocycles. The summed E-state index contributed by atoms with van der Waals surface area (Å²) in [5, 5.41) is 5.53. The first-order chi connectivity index (χ1) is 14.7. The number of fused-ring (bicyclic) bond motifs is 2. The molecule has 0 spiro atoms. The number of nitrogens with one attached hydrogen (secondary N) is 1. The quantitative estimate of drug-likeness (QED) is 0.376. The van der Waals surface area contributed by atoms with Gasteiger partial charge >= 0.3 is 0 Å². The molecule has 2 aromatic carbocycles. The fourth-order valence-corrected chi connectivity index (χ4v) is 5.45. The predicted octanol–water partition coefficient (Wildman–Crippen LogP) is 4.34. The Kier molecular flexibility index (Phi) is 5.14. The van der Waals surface area contributed by atoms with Gasteiger partial charge in [-0.05, 0) is 47.5 Å². The van der Waals surface area contributed by atoms with E-state index >= 15 is 0 Å². The molecule has 1 N–H and O–H groups in total. The number of hydrogen-bond donors (Lipinski definition) is 1. The minimum absolute atomic E-state index is 0.0536. The number of hydrogen-bond acceptors (Lipinski definition) is 5. The van der Waals surface area contributed by atoms with E-state index in [1.54, 1.807) is 4.57 Å². The first-order valence-electron chi connectivity index (χ1n) is 9.76. The van der Waals surface area contributed by atoms with Crippen LogP contribution in [-0.2, 0) is 11.2 Å². The fraction of sp³-hybridized carbons (Fsp3) is 0.174. The number of rotatable bonds is 5. The first kappa shape index (κ1) is 19.1. The Morgan fingerprint density at radius 3 is 2.80 bits per heavy atom. The van der Waals surface area contributed by atoms with E-state index in [2.05, 4.69) is 22.4 Å². The van der Waals surface area contributed by atoms with Crippen LogP contribution in [0.25, 0.3) is 15.9 Å². The SMILES string of the molecule is O=C(CSc1nc2ccsc2c(=O)n1-c1ccccc1)N[C@@H]1CCc2ccccc21. The van der Waals surface area contributed by atoms with Gasteiger partial charge in [-0.1, -0.05) is 54.2 Å². The van der Waals surface area contributed by atoms with Gasteiger partial charge in [-0.15, -0.1) is 11.3 Å². The Morgan fingerprint density at radius 1 is 1.13 bits per heavy atom. The fourth-order valence-electron chi connectivity index (χ4n) is 3.87. The van der Waals surface area contributed by atoms with Gasteiger partial charge in [-0.25, -0.2) is 4.98 Å². The van der Waals surface area contributed by atoms with Crippen molar-refractivity contribution in [3.63, 3.8) is 0 Å². The second-order valence-electron chi connectivity index (χ2n) is 7.15. The van der Waals surface area contributed by atoms with Crippen molar-refractivity contribution in [1.82, 2.24) is 14.9 Å². The van der Waals surface area contributed by atoms with Crippen LogP contribution in [0.15, 0.2) is 76.0 Å². The lowest BCUT2D eigenvalue weighted by molar-refractivity contribution is -0.119. The third-order valence-electron chi connectivity index (χ3n) is 5.26. The summed E-state index contributed by atoms with van der Waals surface area (Å²) in [6.45, 7) is 0. The van der Waals surface area contributed by atoms with Crippen molar-refractivity contribution in [2.75, 3.05) is 5.75 Å². The van der Waals surface area contributed by atoms with Crippen molar-refractivity contribution in [3.8, 4) is 5.69 Å². The van der Waals surface area contributed by atoms with Crippen LogP contribution in [-0.4, -0.2) is 21.2 Å². The molecule has 150 valence electrons. The van der Waals surface area contributed by atoms with Crippen LogP contribution in [0, 0.1) is 0 Å². The molecule has 1 aliphatic carbocycles. The number of benzene rings is 2. The molecule has 1 amide bonds. The number of para-hydroxylation sites is 1. The summed E-state index contributed by atoms with van der Waals surface area (Å²) >= 11 is 2.68. The smallest absolute Gasteiger partial charge is 0.276 e. The Hall–Kier alpha value is -2.90. The van der Waals surface area contributed by atoms with Crippen LogP contribution >= 0.6 is 23.1 Å². The van der Waals surface area contributed by atoms with Crippen LogP contribution in [0.5, 0.6) is 0 Å². The minimum atomic E-state index is -0.103. The number of aromatic nitrogens is 2. The Balaban J connectivity index is 1.39. The zero-order chi connectivity index (χ0) is 20.5.